The maximum absolute atomic E-state index is 13.1. The van der Waals surface area contributed by atoms with Crippen LogP contribution in [0.4, 0.5) is 9.59 Å². The Morgan fingerprint density at radius 3 is 2.27 bits per heavy atom. The molecule has 0 spiro atoms. The first kappa shape index (κ1) is 22.6. The van der Waals surface area contributed by atoms with Crippen molar-refractivity contribution in [2.24, 2.45) is 0 Å². The lowest BCUT2D eigenvalue weighted by molar-refractivity contribution is -0.716. The Kier molecular flexibility index (Phi) is 8.20. The zero-order valence-corrected chi connectivity index (χ0v) is 17.6. The molecule has 2 N–H and O–H groups in total. The van der Waals surface area contributed by atoms with E-state index in [2.05, 4.69) is 4.72 Å². The van der Waals surface area contributed by atoms with Crippen LogP contribution in [-0.4, -0.2) is 54.7 Å². The summed E-state index contributed by atoms with van der Waals surface area (Å²) in [4.78, 5) is 27.8. The maximum atomic E-state index is 13.1. The van der Waals surface area contributed by atoms with Crippen LogP contribution in [0.5, 0.6) is 0 Å². The number of hydrogen-bond acceptors (Lipinski definition) is 5. The monoisotopic (exact) mass is 421 g/mol. The van der Waals surface area contributed by atoms with E-state index in [0.717, 1.165) is 11.9 Å². The van der Waals surface area contributed by atoms with Crippen LogP contribution in [0.1, 0.15) is 20.3 Å². The Balaban J connectivity index is 3.25. The Labute approximate surface area is 167 Å². The third-order valence-corrected chi connectivity index (χ3v) is 5.05. The van der Waals surface area contributed by atoms with Crippen molar-refractivity contribution in [3.63, 3.8) is 0 Å². The van der Waals surface area contributed by atoms with Gasteiger partial charge >= 0.3 is 18.1 Å². The van der Waals surface area contributed by atoms with Crippen LogP contribution in [0.2, 0.25) is 10.0 Å². The van der Waals surface area contributed by atoms with Crippen LogP contribution in [0.25, 0.3) is 0 Å². The Morgan fingerprint density at radius 1 is 1.31 bits per heavy atom. The molecule has 7 nitrogen and oxygen atoms in total. The van der Waals surface area contributed by atoms with E-state index in [1.54, 1.807) is 25.1 Å². The summed E-state index contributed by atoms with van der Waals surface area (Å²) in [6, 6.07) is 2.60. The first-order chi connectivity index (χ1) is 12.1. The highest BCUT2D eigenvalue weighted by molar-refractivity contribution is 7.98. The van der Waals surface area contributed by atoms with Gasteiger partial charge in [-0.25, -0.2) is 19.7 Å². The largest absolute Gasteiger partial charge is 0.445 e. The minimum absolute atomic E-state index is 0.422. The molecule has 0 bridgehead atoms. The van der Waals surface area contributed by atoms with Crippen LogP contribution in [-0.2, 0) is 4.74 Å². The molecule has 0 fully saturated rings. The fraction of sp³-hybridized carbons (Fsp3) is 0.438. The highest BCUT2D eigenvalue weighted by Gasteiger charge is 2.56. The molecule has 0 aliphatic carbocycles. The van der Waals surface area contributed by atoms with Crippen molar-refractivity contribution in [2.45, 2.75) is 31.2 Å². The molecule has 1 aromatic carbocycles. The molecule has 0 aliphatic heterocycles. The summed E-state index contributed by atoms with van der Waals surface area (Å²) < 4.78 is 6.73. The van der Waals surface area contributed by atoms with E-state index in [9.17, 15) is 9.59 Å². The van der Waals surface area contributed by atoms with Gasteiger partial charge in [-0.2, -0.15) is 0 Å². The number of benzene rings is 1. The number of methoxy groups -OCH3 is 1. The summed E-state index contributed by atoms with van der Waals surface area (Å²) in [6.45, 7) is 3.55. The number of imide groups is 1. The van der Waals surface area contributed by atoms with Gasteiger partial charge in [0.05, 0.1) is 7.11 Å². The van der Waals surface area contributed by atoms with Gasteiger partial charge in [0.2, 0.25) is 0 Å². The number of carbonyl (C=O) groups excluding carboxylic acids is 2. The molecule has 2 unspecified atom stereocenters. The second-order valence-corrected chi connectivity index (χ2v) is 7.53. The van der Waals surface area contributed by atoms with Crippen molar-refractivity contribution in [1.29, 1.82) is 5.41 Å². The number of hydrogen-bond donors (Lipinski definition) is 2. The van der Waals surface area contributed by atoms with E-state index in [1.165, 1.54) is 26.1 Å². The van der Waals surface area contributed by atoms with Crippen LogP contribution in [0.15, 0.2) is 23.1 Å². The zero-order valence-electron chi connectivity index (χ0n) is 15.3. The van der Waals surface area contributed by atoms with Gasteiger partial charge < -0.3 is 4.74 Å². The Morgan fingerprint density at radius 2 is 1.85 bits per heavy atom. The van der Waals surface area contributed by atoms with Crippen molar-refractivity contribution >= 4 is 53.2 Å². The molecule has 0 saturated carbocycles. The highest BCUT2D eigenvalue weighted by atomic mass is 35.5. The molecule has 4 amide bonds. The van der Waals surface area contributed by atoms with Crippen LogP contribution >= 0.6 is 35.1 Å². The summed E-state index contributed by atoms with van der Waals surface area (Å²) in [7, 11) is 4.31. The number of ether oxygens (including phenoxy) is 1. The van der Waals surface area contributed by atoms with Crippen LogP contribution in [0.3, 0.4) is 0 Å². The molecule has 1 rings (SSSR count). The molecule has 0 saturated heterocycles. The minimum atomic E-state index is -0.915. The first-order valence-corrected chi connectivity index (χ1v) is 9.35. The predicted octanol–water partition coefficient (Wildman–Crippen LogP) is 4.59. The fourth-order valence-electron chi connectivity index (χ4n) is 2.35. The van der Waals surface area contributed by atoms with Crippen molar-refractivity contribution in [1.82, 2.24) is 9.62 Å². The third-order valence-electron chi connectivity index (χ3n) is 3.86. The van der Waals surface area contributed by atoms with Crippen molar-refractivity contribution in [2.75, 3.05) is 21.2 Å². The van der Waals surface area contributed by atoms with Crippen LogP contribution < -0.4 is 4.72 Å². The standard InChI is InChI=1S/C16H22Cl2N4O3S/c1-6-10(2)22(14(19)25-5,16(24)21(3)4)15(23)20-26-13-8-11(17)7-12(18)9-13/h7-10,19H,6H2,1-5H3/p+1. The van der Waals surface area contributed by atoms with Gasteiger partial charge in [-0.15, -0.1) is 0 Å². The molecule has 0 aromatic heterocycles. The molecule has 10 heteroatoms. The lowest BCUT2D eigenvalue weighted by atomic mass is 10.2. The van der Waals surface area contributed by atoms with Crippen molar-refractivity contribution in [3.8, 4) is 0 Å². The second-order valence-electron chi connectivity index (χ2n) is 5.78. The molecule has 144 valence electrons. The smallest absolute Gasteiger partial charge is 0.439 e. The molecule has 2 atom stereocenters. The normalized spacial score (nSPS) is 14.1. The number of amides is 4. The van der Waals surface area contributed by atoms with Gasteiger partial charge in [0.25, 0.3) is 0 Å². The van der Waals surface area contributed by atoms with Gasteiger partial charge in [0.1, 0.15) is 6.04 Å². The predicted molar refractivity (Wildman–Crippen MR) is 105 cm³/mol. The Bertz CT molecular complexity index is 682. The molecule has 0 radical (unpaired) electrons. The lowest BCUT2D eigenvalue weighted by Crippen LogP contribution is -2.69. The summed E-state index contributed by atoms with van der Waals surface area (Å²) in [6.07, 6.45) is 0.479. The van der Waals surface area contributed by atoms with Gasteiger partial charge in [-0.1, -0.05) is 34.6 Å². The maximum Gasteiger partial charge on any atom is 0.445 e. The third kappa shape index (κ3) is 4.62. The number of nitrogens with one attached hydrogen (secondary N) is 2. The summed E-state index contributed by atoms with van der Waals surface area (Å²) >= 11 is 12.9. The molecule has 26 heavy (non-hydrogen) atoms. The van der Waals surface area contributed by atoms with E-state index in [-0.39, 0.29) is 0 Å². The quantitative estimate of drug-likeness (QED) is 0.322. The van der Waals surface area contributed by atoms with E-state index in [4.69, 9.17) is 33.3 Å². The second kappa shape index (κ2) is 9.45. The number of nitrogens with zero attached hydrogens (tertiary/aromatic N) is 2. The van der Waals surface area contributed by atoms with Gasteiger partial charge in [-0.05, 0) is 43.5 Å². The number of halogens is 2. The lowest BCUT2D eigenvalue weighted by Gasteiger charge is -2.36. The van der Waals surface area contributed by atoms with E-state index >= 15 is 0 Å². The minimum Gasteiger partial charge on any atom is -0.439 e. The Hall–Kier alpha value is -1.48. The van der Waals surface area contributed by atoms with Gasteiger partial charge in [-0.3, -0.25) is 4.90 Å². The number of urea groups is 2. The fourth-order valence-corrected chi connectivity index (χ4v) is 3.73. The zero-order chi connectivity index (χ0) is 20.1. The van der Waals surface area contributed by atoms with Gasteiger partial charge in [0, 0.05) is 29.0 Å². The van der Waals surface area contributed by atoms with Crippen molar-refractivity contribution < 1.29 is 18.8 Å². The molecule has 0 heterocycles. The number of carbonyl (C=O) groups is 2. The summed E-state index contributed by atoms with van der Waals surface area (Å²) in [5.74, 6) is 0. The number of rotatable bonds is 4. The van der Waals surface area contributed by atoms with Gasteiger partial charge in [0.15, 0.2) is 0 Å². The number of quaternary nitrogens is 1. The summed E-state index contributed by atoms with van der Waals surface area (Å²) in [5.41, 5.74) is 0. The highest BCUT2D eigenvalue weighted by Crippen LogP contribution is 2.27. The summed E-state index contributed by atoms with van der Waals surface area (Å²) in [5, 5.41) is 9.02. The number of amidine groups is 1. The average molecular weight is 422 g/mol. The van der Waals surface area contributed by atoms with E-state index in [0.29, 0.717) is 21.4 Å². The first-order valence-electron chi connectivity index (χ1n) is 7.78. The molecule has 1 aromatic rings. The molecular weight excluding hydrogens is 399 g/mol. The molecular formula is C16H23Cl2N4O3S+. The van der Waals surface area contributed by atoms with E-state index in [1.807, 2.05) is 6.92 Å². The van der Waals surface area contributed by atoms with Crippen LogP contribution in [0, 0.1) is 5.41 Å². The average Bonchev–Trinajstić information content (AvgIpc) is 2.58. The SMILES string of the molecule is CCC(C)[N+](C(=N)OC)(C(=O)NSc1cc(Cl)cc(Cl)c1)C(=O)N(C)C. The topological polar surface area (TPSA) is 82.5 Å². The van der Waals surface area contributed by atoms with E-state index < -0.39 is 28.6 Å². The van der Waals surface area contributed by atoms with Crippen molar-refractivity contribution in [3.05, 3.63) is 28.2 Å². The molecule has 0 aliphatic rings.